The molecule has 3 nitrogen and oxygen atoms in total. The van der Waals surface area contributed by atoms with Crippen LogP contribution >= 0.6 is 22.9 Å². The summed E-state index contributed by atoms with van der Waals surface area (Å²) in [5.41, 5.74) is 4.13. The van der Waals surface area contributed by atoms with Gasteiger partial charge >= 0.3 is 0 Å². The molecule has 0 saturated heterocycles. The van der Waals surface area contributed by atoms with Gasteiger partial charge in [-0.3, -0.25) is 0 Å². The van der Waals surface area contributed by atoms with Gasteiger partial charge in [0, 0.05) is 40.4 Å². The van der Waals surface area contributed by atoms with Crippen LogP contribution in [0.1, 0.15) is 13.8 Å². The van der Waals surface area contributed by atoms with Crippen LogP contribution in [0.15, 0.2) is 53.9 Å². The maximum atomic E-state index is 6.24. The van der Waals surface area contributed by atoms with Gasteiger partial charge in [-0.1, -0.05) is 29.8 Å². The summed E-state index contributed by atoms with van der Waals surface area (Å²) in [6.45, 7) is 6.36. The lowest BCUT2D eigenvalue weighted by Gasteiger charge is -2.21. The van der Waals surface area contributed by atoms with E-state index < -0.39 is 0 Å². The van der Waals surface area contributed by atoms with Gasteiger partial charge in [-0.2, -0.15) is 0 Å². The SMILES string of the molecule is CCN(CC)c1ccc(Nc2nc(-c3ccccc3Cl)cs2)cc1. The van der Waals surface area contributed by atoms with Gasteiger partial charge in [-0.25, -0.2) is 4.98 Å². The van der Waals surface area contributed by atoms with E-state index in [9.17, 15) is 0 Å². The van der Waals surface area contributed by atoms with Crippen molar-refractivity contribution in [3.8, 4) is 11.3 Å². The number of anilines is 3. The van der Waals surface area contributed by atoms with E-state index >= 15 is 0 Å². The molecule has 0 fully saturated rings. The fourth-order valence-corrected chi connectivity index (χ4v) is 3.55. The van der Waals surface area contributed by atoms with Crippen molar-refractivity contribution in [2.45, 2.75) is 13.8 Å². The topological polar surface area (TPSA) is 28.2 Å². The predicted octanol–water partition coefficient (Wildman–Crippen LogP) is 6.05. The average molecular weight is 358 g/mol. The van der Waals surface area contributed by atoms with E-state index in [1.54, 1.807) is 11.3 Å². The Bertz CT molecular complexity index is 794. The predicted molar refractivity (Wildman–Crippen MR) is 106 cm³/mol. The highest BCUT2D eigenvalue weighted by Crippen LogP contribution is 2.31. The third-order valence-electron chi connectivity index (χ3n) is 3.90. The van der Waals surface area contributed by atoms with E-state index in [1.807, 2.05) is 29.6 Å². The molecule has 1 N–H and O–H groups in total. The van der Waals surface area contributed by atoms with Crippen molar-refractivity contribution in [3.63, 3.8) is 0 Å². The first-order chi connectivity index (χ1) is 11.7. The number of halogens is 1. The zero-order valence-corrected chi connectivity index (χ0v) is 15.4. The maximum absolute atomic E-state index is 6.24. The van der Waals surface area contributed by atoms with E-state index in [2.05, 4.69) is 53.3 Å². The molecule has 0 atom stereocenters. The van der Waals surface area contributed by atoms with Crippen molar-refractivity contribution in [2.24, 2.45) is 0 Å². The fourth-order valence-electron chi connectivity index (χ4n) is 2.59. The first kappa shape index (κ1) is 16.8. The van der Waals surface area contributed by atoms with Crippen LogP contribution in [0, 0.1) is 0 Å². The summed E-state index contributed by atoms with van der Waals surface area (Å²) < 4.78 is 0. The molecule has 124 valence electrons. The molecule has 2 aromatic carbocycles. The number of nitrogens with one attached hydrogen (secondary N) is 1. The molecule has 0 unspecified atom stereocenters. The normalized spacial score (nSPS) is 10.6. The van der Waals surface area contributed by atoms with Crippen LogP contribution in [-0.4, -0.2) is 18.1 Å². The first-order valence-corrected chi connectivity index (χ1v) is 9.29. The van der Waals surface area contributed by atoms with Crippen molar-refractivity contribution in [3.05, 3.63) is 58.9 Å². The Morgan fingerprint density at radius 3 is 2.42 bits per heavy atom. The standard InChI is InChI=1S/C19H20ClN3S/c1-3-23(4-2)15-11-9-14(10-12-15)21-19-22-18(13-24-19)16-7-5-6-8-17(16)20/h5-13H,3-4H2,1-2H3,(H,21,22). The molecule has 1 heterocycles. The summed E-state index contributed by atoms with van der Waals surface area (Å²) in [7, 11) is 0. The van der Waals surface area contributed by atoms with Crippen molar-refractivity contribution < 1.29 is 0 Å². The fraction of sp³-hybridized carbons (Fsp3) is 0.211. The van der Waals surface area contributed by atoms with Crippen molar-refractivity contribution >= 4 is 39.4 Å². The van der Waals surface area contributed by atoms with Gasteiger partial charge in [0.15, 0.2) is 5.13 Å². The highest BCUT2D eigenvalue weighted by molar-refractivity contribution is 7.14. The smallest absolute Gasteiger partial charge is 0.187 e. The molecule has 3 rings (SSSR count). The van der Waals surface area contributed by atoms with E-state index in [4.69, 9.17) is 11.6 Å². The lowest BCUT2D eigenvalue weighted by atomic mass is 10.2. The Kier molecular flexibility index (Phi) is 5.38. The minimum Gasteiger partial charge on any atom is -0.372 e. The van der Waals surface area contributed by atoms with E-state index in [0.717, 1.165) is 40.2 Å². The number of hydrogen-bond acceptors (Lipinski definition) is 4. The second kappa shape index (κ2) is 7.69. The summed E-state index contributed by atoms with van der Waals surface area (Å²) in [5.74, 6) is 0. The monoisotopic (exact) mass is 357 g/mol. The van der Waals surface area contributed by atoms with Crippen LogP contribution in [-0.2, 0) is 0 Å². The van der Waals surface area contributed by atoms with Crippen LogP contribution in [0.3, 0.4) is 0 Å². The number of aromatic nitrogens is 1. The first-order valence-electron chi connectivity index (χ1n) is 8.03. The molecule has 0 amide bonds. The molecule has 5 heteroatoms. The lowest BCUT2D eigenvalue weighted by molar-refractivity contribution is 0.866. The quantitative estimate of drug-likeness (QED) is 0.581. The molecule has 0 spiro atoms. The summed E-state index contributed by atoms with van der Waals surface area (Å²) in [6, 6.07) is 16.2. The average Bonchev–Trinajstić information content (AvgIpc) is 3.06. The number of hydrogen-bond donors (Lipinski definition) is 1. The molecule has 0 aliphatic rings. The zero-order chi connectivity index (χ0) is 16.9. The minimum absolute atomic E-state index is 0.720. The molecule has 0 bridgehead atoms. The molecule has 0 aliphatic carbocycles. The molecule has 0 saturated carbocycles. The summed E-state index contributed by atoms with van der Waals surface area (Å²) in [4.78, 5) is 6.96. The molecule has 0 aliphatic heterocycles. The molecule has 1 aromatic heterocycles. The summed E-state index contributed by atoms with van der Waals surface area (Å²) in [5, 5.41) is 6.97. The second-order valence-corrected chi connectivity index (χ2v) is 6.63. The molecule has 24 heavy (non-hydrogen) atoms. The zero-order valence-electron chi connectivity index (χ0n) is 13.8. The van der Waals surface area contributed by atoms with Crippen LogP contribution < -0.4 is 10.2 Å². The van der Waals surface area contributed by atoms with Crippen molar-refractivity contribution in [1.29, 1.82) is 0 Å². The number of thiazole rings is 1. The Hall–Kier alpha value is -2.04. The number of rotatable bonds is 6. The molecular weight excluding hydrogens is 338 g/mol. The van der Waals surface area contributed by atoms with E-state index in [-0.39, 0.29) is 0 Å². The van der Waals surface area contributed by atoms with E-state index in [0.29, 0.717) is 0 Å². The number of nitrogens with zero attached hydrogens (tertiary/aromatic N) is 2. The van der Waals surface area contributed by atoms with Gasteiger partial charge in [-0.05, 0) is 44.2 Å². The van der Waals surface area contributed by atoms with Gasteiger partial charge in [0.2, 0.25) is 0 Å². The third-order valence-corrected chi connectivity index (χ3v) is 4.99. The van der Waals surface area contributed by atoms with Crippen molar-refractivity contribution in [1.82, 2.24) is 4.98 Å². The third kappa shape index (κ3) is 3.71. The maximum Gasteiger partial charge on any atom is 0.187 e. The Balaban J connectivity index is 1.74. The Morgan fingerprint density at radius 1 is 1.04 bits per heavy atom. The van der Waals surface area contributed by atoms with Gasteiger partial charge in [0.1, 0.15) is 0 Å². The molecular formula is C19H20ClN3S. The minimum atomic E-state index is 0.720. The van der Waals surface area contributed by atoms with Crippen molar-refractivity contribution in [2.75, 3.05) is 23.3 Å². The lowest BCUT2D eigenvalue weighted by Crippen LogP contribution is -2.21. The van der Waals surface area contributed by atoms with Crippen LogP contribution in [0.2, 0.25) is 5.02 Å². The second-order valence-electron chi connectivity index (χ2n) is 5.36. The molecule has 3 aromatic rings. The van der Waals surface area contributed by atoms with Gasteiger partial charge in [0.25, 0.3) is 0 Å². The highest BCUT2D eigenvalue weighted by atomic mass is 35.5. The van der Waals surface area contributed by atoms with E-state index in [1.165, 1.54) is 5.69 Å². The van der Waals surface area contributed by atoms with Crippen LogP contribution in [0.25, 0.3) is 11.3 Å². The molecule has 0 radical (unpaired) electrons. The highest BCUT2D eigenvalue weighted by Gasteiger charge is 2.08. The largest absolute Gasteiger partial charge is 0.372 e. The van der Waals surface area contributed by atoms with Gasteiger partial charge < -0.3 is 10.2 Å². The summed E-state index contributed by atoms with van der Waals surface area (Å²) in [6.07, 6.45) is 0. The number of benzene rings is 2. The van der Waals surface area contributed by atoms with Gasteiger partial charge in [-0.15, -0.1) is 11.3 Å². The Morgan fingerprint density at radius 2 is 1.75 bits per heavy atom. The van der Waals surface area contributed by atoms with Crippen LogP contribution in [0.4, 0.5) is 16.5 Å². The van der Waals surface area contributed by atoms with Gasteiger partial charge in [0.05, 0.1) is 5.69 Å². The Labute approximate surface area is 151 Å². The summed E-state index contributed by atoms with van der Waals surface area (Å²) >= 11 is 7.82. The van der Waals surface area contributed by atoms with Crippen LogP contribution in [0.5, 0.6) is 0 Å².